The monoisotopic (exact) mass is 391 g/mol. The quantitative estimate of drug-likeness (QED) is 0.391. The number of methoxy groups -OCH3 is 1. The van der Waals surface area contributed by atoms with Gasteiger partial charge in [0.25, 0.3) is 0 Å². The van der Waals surface area contributed by atoms with Crippen LogP contribution in [0.5, 0.6) is 5.75 Å². The third-order valence-corrected chi connectivity index (χ3v) is 4.63. The number of benzene rings is 3. The molecule has 0 saturated carbocycles. The lowest BCUT2D eigenvalue weighted by atomic mass is 10.1. The predicted octanol–water partition coefficient (Wildman–Crippen LogP) is 6.14. The molecule has 0 fully saturated rings. The lowest BCUT2D eigenvalue weighted by Gasteiger charge is -2.11. The maximum absolute atomic E-state index is 12.3. The lowest BCUT2D eigenvalue weighted by Crippen LogP contribution is -2.19. The van der Waals surface area contributed by atoms with Gasteiger partial charge in [-0.15, -0.1) is 0 Å². The number of para-hydroxylation sites is 2. The van der Waals surface area contributed by atoms with Gasteiger partial charge in [0.2, 0.25) is 0 Å². The van der Waals surface area contributed by atoms with E-state index < -0.39 is 0 Å². The first-order valence-corrected chi connectivity index (χ1v) is 9.10. The van der Waals surface area contributed by atoms with Gasteiger partial charge in [-0.25, -0.2) is 4.79 Å². The minimum absolute atomic E-state index is 0.336. The number of aromatic nitrogens is 1. The van der Waals surface area contributed by atoms with E-state index in [4.69, 9.17) is 16.3 Å². The van der Waals surface area contributed by atoms with E-state index in [2.05, 4.69) is 21.7 Å². The minimum Gasteiger partial charge on any atom is -0.495 e. The van der Waals surface area contributed by atoms with E-state index >= 15 is 0 Å². The molecule has 0 radical (unpaired) electrons. The van der Waals surface area contributed by atoms with Crippen LogP contribution in [0.1, 0.15) is 0 Å². The normalized spacial score (nSPS) is 10.6. The molecule has 1 aromatic heterocycles. The molecular formula is C22H18ClN3O2. The van der Waals surface area contributed by atoms with Gasteiger partial charge < -0.3 is 20.4 Å². The highest BCUT2D eigenvalue weighted by Gasteiger charge is 2.08. The van der Waals surface area contributed by atoms with Crippen LogP contribution in [-0.4, -0.2) is 18.1 Å². The third kappa shape index (κ3) is 3.80. The molecule has 3 aromatic carbocycles. The van der Waals surface area contributed by atoms with Crippen LogP contribution in [0, 0.1) is 0 Å². The van der Waals surface area contributed by atoms with Crippen molar-refractivity contribution in [1.29, 1.82) is 0 Å². The lowest BCUT2D eigenvalue weighted by molar-refractivity contribution is 0.262. The van der Waals surface area contributed by atoms with Crippen molar-refractivity contribution < 1.29 is 9.53 Å². The summed E-state index contributed by atoms with van der Waals surface area (Å²) in [7, 11) is 1.56. The molecule has 4 aromatic rings. The highest BCUT2D eigenvalue weighted by Crippen LogP contribution is 2.27. The van der Waals surface area contributed by atoms with Gasteiger partial charge >= 0.3 is 6.03 Å². The molecule has 140 valence electrons. The second kappa shape index (κ2) is 7.66. The zero-order valence-corrected chi connectivity index (χ0v) is 15.9. The molecule has 4 rings (SSSR count). The Morgan fingerprint density at radius 1 is 0.964 bits per heavy atom. The van der Waals surface area contributed by atoms with Crippen molar-refractivity contribution in [2.75, 3.05) is 17.7 Å². The van der Waals surface area contributed by atoms with Crippen molar-refractivity contribution in [3.05, 3.63) is 77.8 Å². The zero-order chi connectivity index (χ0) is 19.5. The highest BCUT2D eigenvalue weighted by molar-refractivity contribution is 6.31. The summed E-state index contributed by atoms with van der Waals surface area (Å²) in [5.41, 5.74) is 4.33. The molecular weight excluding hydrogens is 374 g/mol. The number of H-pyrrole nitrogens is 1. The van der Waals surface area contributed by atoms with Crippen LogP contribution in [0.3, 0.4) is 0 Å². The number of aromatic amines is 1. The van der Waals surface area contributed by atoms with Crippen LogP contribution >= 0.6 is 11.6 Å². The summed E-state index contributed by atoms with van der Waals surface area (Å²) in [4.78, 5) is 15.6. The molecule has 0 unspecified atom stereocenters. The molecule has 3 N–H and O–H groups in total. The predicted molar refractivity (Wildman–Crippen MR) is 114 cm³/mol. The van der Waals surface area contributed by atoms with Crippen LogP contribution in [0.2, 0.25) is 5.02 Å². The van der Waals surface area contributed by atoms with Gasteiger partial charge in [0, 0.05) is 27.3 Å². The molecule has 28 heavy (non-hydrogen) atoms. The van der Waals surface area contributed by atoms with Crippen molar-refractivity contribution in [3.8, 4) is 17.0 Å². The fourth-order valence-corrected chi connectivity index (χ4v) is 3.21. The summed E-state index contributed by atoms with van der Waals surface area (Å²) in [6.07, 6.45) is 0. The van der Waals surface area contributed by atoms with Crippen LogP contribution in [0.15, 0.2) is 72.8 Å². The van der Waals surface area contributed by atoms with E-state index in [0.29, 0.717) is 22.1 Å². The van der Waals surface area contributed by atoms with Gasteiger partial charge in [-0.1, -0.05) is 35.9 Å². The van der Waals surface area contributed by atoms with E-state index in [1.807, 2.05) is 54.6 Å². The van der Waals surface area contributed by atoms with E-state index in [0.717, 1.165) is 22.2 Å². The first-order valence-electron chi connectivity index (χ1n) is 8.72. The number of amides is 2. The summed E-state index contributed by atoms with van der Waals surface area (Å²) in [6, 6.07) is 22.3. The van der Waals surface area contributed by atoms with Crippen molar-refractivity contribution >= 4 is 39.9 Å². The molecule has 0 aliphatic heterocycles. The fraction of sp³-hybridized carbons (Fsp3) is 0.0455. The largest absolute Gasteiger partial charge is 0.495 e. The third-order valence-electron chi connectivity index (χ3n) is 4.39. The topological polar surface area (TPSA) is 66.2 Å². The maximum atomic E-state index is 12.3. The second-order valence-electron chi connectivity index (χ2n) is 6.27. The minimum atomic E-state index is -0.336. The molecule has 5 nitrogen and oxygen atoms in total. The molecule has 0 aliphatic rings. The Balaban J connectivity index is 1.47. The average Bonchev–Trinajstić information content (AvgIpc) is 3.12. The fourth-order valence-electron chi connectivity index (χ4n) is 3.02. The van der Waals surface area contributed by atoms with Crippen LogP contribution < -0.4 is 15.4 Å². The number of ether oxygens (including phenoxy) is 1. The summed E-state index contributed by atoms with van der Waals surface area (Å²) < 4.78 is 5.24. The Bertz CT molecular complexity index is 1140. The number of carbonyl (C=O) groups is 1. The summed E-state index contributed by atoms with van der Waals surface area (Å²) >= 11 is 6.05. The van der Waals surface area contributed by atoms with Crippen LogP contribution in [0.25, 0.3) is 22.2 Å². The van der Waals surface area contributed by atoms with E-state index in [9.17, 15) is 4.79 Å². The zero-order valence-electron chi connectivity index (χ0n) is 15.1. The summed E-state index contributed by atoms with van der Waals surface area (Å²) in [5, 5.41) is 7.37. The SMILES string of the molecule is COc1ccccc1NC(=O)Nc1ccc(-c2cc3cc(Cl)ccc3[nH]2)cc1. The molecule has 2 amide bonds. The van der Waals surface area contributed by atoms with Gasteiger partial charge in [0.1, 0.15) is 5.75 Å². The number of hydrogen-bond donors (Lipinski definition) is 3. The van der Waals surface area contributed by atoms with Gasteiger partial charge in [0.05, 0.1) is 12.8 Å². The molecule has 0 aliphatic carbocycles. The van der Waals surface area contributed by atoms with Crippen molar-refractivity contribution in [1.82, 2.24) is 4.98 Å². The van der Waals surface area contributed by atoms with Gasteiger partial charge in [-0.3, -0.25) is 0 Å². The maximum Gasteiger partial charge on any atom is 0.323 e. The first-order chi connectivity index (χ1) is 13.6. The molecule has 0 bridgehead atoms. The van der Waals surface area contributed by atoms with Crippen molar-refractivity contribution in [2.24, 2.45) is 0 Å². The van der Waals surface area contributed by atoms with Gasteiger partial charge in [-0.05, 0) is 54.1 Å². The number of halogens is 1. The molecule has 1 heterocycles. The molecule has 0 atom stereocenters. The number of anilines is 2. The first kappa shape index (κ1) is 17.9. The summed E-state index contributed by atoms with van der Waals surface area (Å²) in [5.74, 6) is 0.604. The Kier molecular flexibility index (Phi) is 4.91. The van der Waals surface area contributed by atoms with Crippen molar-refractivity contribution in [3.63, 3.8) is 0 Å². The summed E-state index contributed by atoms with van der Waals surface area (Å²) in [6.45, 7) is 0. The molecule has 0 spiro atoms. The Hall–Kier alpha value is -3.44. The number of carbonyl (C=O) groups excluding carboxylic acids is 1. The highest BCUT2D eigenvalue weighted by atomic mass is 35.5. The van der Waals surface area contributed by atoms with Gasteiger partial charge in [0.15, 0.2) is 0 Å². The molecule has 0 saturated heterocycles. The second-order valence-corrected chi connectivity index (χ2v) is 6.71. The number of nitrogens with one attached hydrogen (secondary N) is 3. The van der Waals surface area contributed by atoms with Crippen LogP contribution in [-0.2, 0) is 0 Å². The standard InChI is InChI=1S/C22H18ClN3O2/c1-28-21-5-3-2-4-19(21)26-22(27)24-17-9-6-14(7-10-17)20-13-15-12-16(23)8-11-18(15)25-20/h2-13,25H,1H3,(H2,24,26,27). The van der Waals surface area contributed by atoms with E-state index in [1.165, 1.54) is 0 Å². The molecule has 6 heteroatoms. The average molecular weight is 392 g/mol. The van der Waals surface area contributed by atoms with Crippen molar-refractivity contribution in [2.45, 2.75) is 0 Å². The van der Waals surface area contributed by atoms with Gasteiger partial charge in [-0.2, -0.15) is 0 Å². The Morgan fingerprint density at radius 3 is 2.54 bits per heavy atom. The van der Waals surface area contributed by atoms with E-state index in [-0.39, 0.29) is 6.03 Å². The Morgan fingerprint density at radius 2 is 1.75 bits per heavy atom. The number of rotatable bonds is 4. The number of hydrogen-bond acceptors (Lipinski definition) is 2. The number of urea groups is 1. The number of fused-ring (bicyclic) bond motifs is 1. The Labute approximate surface area is 167 Å². The van der Waals surface area contributed by atoms with E-state index in [1.54, 1.807) is 19.2 Å². The van der Waals surface area contributed by atoms with Crippen LogP contribution in [0.4, 0.5) is 16.2 Å². The smallest absolute Gasteiger partial charge is 0.323 e.